The Labute approximate surface area is 97.2 Å². The van der Waals surface area contributed by atoms with Gasteiger partial charge in [-0.2, -0.15) is 0 Å². The maximum atomic E-state index is 11.5. The minimum atomic E-state index is -0.364. The Hall–Kier alpha value is -0.840. The molecule has 0 fully saturated rings. The van der Waals surface area contributed by atoms with Crippen molar-refractivity contribution in [3.8, 4) is 0 Å². The Morgan fingerprint density at radius 2 is 1.40 bits per heavy atom. The van der Waals surface area contributed by atoms with E-state index in [9.17, 15) is 4.79 Å². The van der Waals surface area contributed by atoms with Gasteiger partial charge in [-0.3, -0.25) is 0 Å². The zero-order chi connectivity index (χ0) is 11.8. The van der Waals surface area contributed by atoms with E-state index in [1.165, 1.54) is 0 Å². The molecule has 0 aromatic heterocycles. The summed E-state index contributed by atoms with van der Waals surface area (Å²) >= 11 is 5.02. The van der Waals surface area contributed by atoms with Crippen molar-refractivity contribution in [3.05, 3.63) is 0 Å². The van der Waals surface area contributed by atoms with Crippen LogP contribution in [0.1, 0.15) is 27.7 Å². The van der Waals surface area contributed by atoms with Crippen LogP contribution in [0.5, 0.6) is 0 Å². The molecule has 0 bridgehead atoms. The van der Waals surface area contributed by atoms with E-state index in [0.29, 0.717) is 13.1 Å². The first-order chi connectivity index (χ1) is 7.10. The molecule has 0 aliphatic rings. The predicted molar refractivity (Wildman–Crippen MR) is 64.9 cm³/mol. The molecule has 1 amide bonds. The summed E-state index contributed by atoms with van der Waals surface area (Å²) in [4.78, 5) is 15.0. The standard InChI is InChI=1S/C10H20N2O2S/c1-5-11(6-2)9(13)14-10(15)12(7-3)8-4/h5-8H2,1-4H3. The van der Waals surface area contributed by atoms with Gasteiger partial charge in [-0.25, -0.2) is 4.79 Å². The van der Waals surface area contributed by atoms with E-state index >= 15 is 0 Å². The minimum Gasteiger partial charge on any atom is -0.382 e. The number of ether oxygens (including phenoxy) is 1. The van der Waals surface area contributed by atoms with E-state index in [-0.39, 0.29) is 11.3 Å². The molecule has 0 aliphatic heterocycles. The fourth-order valence-electron chi connectivity index (χ4n) is 1.17. The average Bonchev–Trinajstić information content (AvgIpc) is 2.21. The SMILES string of the molecule is CCN(CC)C(=O)OC(=S)N(CC)CC. The Morgan fingerprint density at radius 3 is 1.73 bits per heavy atom. The van der Waals surface area contributed by atoms with Gasteiger partial charge in [0.25, 0.3) is 5.17 Å². The molecule has 0 atom stereocenters. The molecule has 0 aromatic rings. The van der Waals surface area contributed by atoms with E-state index in [1.807, 2.05) is 32.6 Å². The highest BCUT2D eigenvalue weighted by molar-refractivity contribution is 7.80. The highest BCUT2D eigenvalue weighted by atomic mass is 32.1. The van der Waals surface area contributed by atoms with Crippen molar-refractivity contribution in [1.82, 2.24) is 9.80 Å². The number of nitrogens with zero attached hydrogens (tertiary/aromatic N) is 2. The van der Waals surface area contributed by atoms with E-state index in [2.05, 4.69) is 0 Å². The van der Waals surface area contributed by atoms with Gasteiger partial charge in [-0.15, -0.1) is 0 Å². The fraction of sp³-hybridized carbons (Fsp3) is 0.800. The van der Waals surface area contributed by atoms with Gasteiger partial charge in [-0.05, 0) is 39.9 Å². The minimum absolute atomic E-state index is 0.261. The molecule has 0 aliphatic carbocycles. The molecule has 0 aromatic carbocycles. The van der Waals surface area contributed by atoms with Gasteiger partial charge in [-0.1, -0.05) is 0 Å². The number of carbonyl (C=O) groups is 1. The molecule has 0 saturated carbocycles. The van der Waals surface area contributed by atoms with Crippen molar-refractivity contribution in [2.45, 2.75) is 27.7 Å². The zero-order valence-corrected chi connectivity index (χ0v) is 10.8. The maximum Gasteiger partial charge on any atom is 0.417 e. The lowest BCUT2D eigenvalue weighted by Gasteiger charge is -2.23. The largest absolute Gasteiger partial charge is 0.417 e. The van der Waals surface area contributed by atoms with Gasteiger partial charge >= 0.3 is 6.09 Å². The van der Waals surface area contributed by atoms with Crippen LogP contribution < -0.4 is 0 Å². The Bertz CT molecular complexity index is 191. The van der Waals surface area contributed by atoms with Crippen LogP contribution in [0.3, 0.4) is 0 Å². The van der Waals surface area contributed by atoms with E-state index < -0.39 is 0 Å². The molecular weight excluding hydrogens is 212 g/mol. The highest BCUT2D eigenvalue weighted by Gasteiger charge is 2.16. The quantitative estimate of drug-likeness (QED) is 0.695. The lowest BCUT2D eigenvalue weighted by atomic mass is 10.5. The van der Waals surface area contributed by atoms with Crippen LogP contribution in [0.15, 0.2) is 0 Å². The second kappa shape index (κ2) is 7.45. The third-order valence-corrected chi connectivity index (χ3v) is 2.56. The van der Waals surface area contributed by atoms with Crippen LogP contribution in [0.2, 0.25) is 0 Å². The fourth-order valence-corrected chi connectivity index (χ4v) is 1.50. The number of amides is 1. The first kappa shape index (κ1) is 14.2. The lowest BCUT2D eigenvalue weighted by Crippen LogP contribution is -2.38. The molecule has 0 radical (unpaired) electrons. The van der Waals surface area contributed by atoms with Crippen LogP contribution in [0.4, 0.5) is 4.79 Å². The lowest BCUT2D eigenvalue weighted by molar-refractivity contribution is 0.146. The van der Waals surface area contributed by atoms with Crippen molar-refractivity contribution >= 4 is 23.5 Å². The number of rotatable bonds is 4. The summed E-state index contributed by atoms with van der Waals surface area (Å²) in [6, 6.07) is 0. The molecule has 0 saturated heterocycles. The second-order valence-electron chi connectivity index (χ2n) is 2.98. The summed E-state index contributed by atoms with van der Waals surface area (Å²) in [5.74, 6) is 0. The third-order valence-electron chi connectivity index (χ3n) is 2.22. The molecule has 0 rings (SSSR count). The summed E-state index contributed by atoms with van der Waals surface area (Å²) in [6.45, 7) is 10.5. The summed E-state index contributed by atoms with van der Waals surface area (Å²) < 4.78 is 5.08. The van der Waals surface area contributed by atoms with Crippen LogP contribution in [-0.2, 0) is 4.74 Å². The third kappa shape index (κ3) is 4.46. The van der Waals surface area contributed by atoms with E-state index in [1.54, 1.807) is 4.90 Å². The number of hydrogen-bond donors (Lipinski definition) is 0. The number of carbonyl (C=O) groups excluding carboxylic acids is 1. The zero-order valence-electron chi connectivity index (χ0n) is 9.95. The van der Waals surface area contributed by atoms with Gasteiger partial charge in [0.05, 0.1) is 0 Å². The average molecular weight is 232 g/mol. The molecule has 5 heteroatoms. The van der Waals surface area contributed by atoms with E-state index in [4.69, 9.17) is 17.0 Å². The monoisotopic (exact) mass is 232 g/mol. The molecular formula is C10H20N2O2S. The topological polar surface area (TPSA) is 32.8 Å². The van der Waals surface area contributed by atoms with Gasteiger partial charge in [0, 0.05) is 26.2 Å². The first-order valence-electron chi connectivity index (χ1n) is 5.36. The van der Waals surface area contributed by atoms with Gasteiger partial charge in [0.2, 0.25) is 0 Å². The summed E-state index contributed by atoms with van der Waals surface area (Å²) in [5, 5.41) is 0.261. The molecule has 0 spiro atoms. The predicted octanol–water partition coefficient (Wildman–Crippen LogP) is 2.09. The second-order valence-corrected chi connectivity index (χ2v) is 3.33. The van der Waals surface area contributed by atoms with Gasteiger partial charge in [0.15, 0.2) is 0 Å². The van der Waals surface area contributed by atoms with Crippen LogP contribution in [0.25, 0.3) is 0 Å². The van der Waals surface area contributed by atoms with Crippen LogP contribution in [0, 0.1) is 0 Å². The molecule has 88 valence electrons. The first-order valence-corrected chi connectivity index (χ1v) is 5.77. The Morgan fingerprint density at radius 1 is 1.00 bits per heavy atom. The van der Waals surface area contributed by atoms with E-state index in [0.717, 1.165) is 13.1 Å². The van der Waals surface area contributed by atoms with Crippen LogP contribution >= 0.6 is 12.2 Å². The highest BCUT2D eigenvalue weighted by Crippen LogP contribution is 1.99. The van der Waals surface area contributed by atoms with Crippen molar-refractivity contribution in [2.75, 3.05) is 26.2 Å². The summed E-state index contributed by atoms with van der Waals surface area (Å²) in [5.41, 5.74) is 0. The smallest absolute Gasteiger partial charge is 0.382 e. The van der Waals surface area contributed by atoms with Crippen molar-refractivity contribution in [3.63, 3.8) is 0 Å². The van der Waals surface area contributed by atoms with Crippen LogP contribution in [-0.4, -0.2) is 47.2 Å². The normalized spacial score (nSPS) is 9.60. The molecule has 15 heavy (non-hydrogen) atoms. The van der Waals surface area contributed by atoms with Gasteiger partial charge < -0.3 is 14.5 Å². The molecule has 0 N–H and O–H groups in total. The summed E-state index contributed by atoms with van der Waals surface area (Å²) in [7, 11) is 0. The van der Waals surface area contributed by atoms with Gasteiger partial charge in [0.1, 0.15) is 0 Å². The summed E-state index contributed by atoms with van der Waals surface area (Å²) in [6.07, 6.45) is -0.364. The van der Waals surface area contributed by atoms with Crippen molar-refractivity contribution in [1.29, 1.82) is 0 Å². The molecule has 4 nitrogen and oxygen atoms in total. The number of thiocarbonyl (C=S) groups is 1. The molecule has 0 unspecified atom stereocenters. The van der Waals surface area contributed by atoms with Crippen molar-refractivity contribution in [2.24, 2.45) is 0 Å². The Balaban J connectivity index is 4.21. The molecule has 0 heterocycles. The van der Waals surface area contributed by atoms with Crippen molar-refractivity contribution < 1.29 is 9.53 Å². The Kier molecular flexibility index (Phi) is 7.03. The maximum absolute atomic E-state index is 11.5. The number of hydrogen-bond acceptors (Lipinski definition) is 3.